The maximum absolute atomic E-state index is 13.6. The van der Waals surface area contributed by atoms with Gasteiger partial charge in [-0.3, -0.25) is 0 Å². The molecule has 1 nitrogen and oxygen atoms in total. The second-order valence-electron chi connectivity index (χ2n) is 3.17. The molecule has 0 fully saturated rings. The molecule has 0 aliphatic heterocycles. The molecule has 0 saturated carbocycles. The monoisotopic (exact) mass is 201 g/mol. The first kappa shape index (κ1) is 10.5. The molecular formula is C10H13ClFN. The van der Waals surface area contributed by atoms with E-state index in [0.717, 1.165) is 0 Å². The van der Waals surface area contributed by atoms with E-state index in [0.29, 0.717) is 17.1 Å². The predicted octanol–water partition coefficient (Wildman–Crippen LogP) is 2.95. The first-order chi connectivity index (χ1) is 6.15. The Labute approximate surface area is 82.7 Å². The van der Waals surface area contributed by atoms with Gasteiger partial charge in [-0.1, -0.05) is 30.7 Å². The first-order valence-corrected chi connectivity index (χ1v) is 4.62. The van der Waals surface area contributed by atoms with Crippen LogP contribution in [0, 0.1) is 5.92 Å². The molecule has 13 heavy (non-hydrogen) atoms. The molecule has 2 N–H and O–H groups in total. The van der Waals surface area contributed by atoms with Crippen molar-refractivity contribution in [3.63, 3.8) is 0 Å². The van der Waals surface area contributed by atoms with Crippen molar-refractivity contribution in [1.29, 1.82) is 0 Å². The average molecular weight is 202 g/mol. The van der Waals surface area contributed by atoms with Crippen LogP contribution in [0.5, 0.6) is 0 Å². The lowest BCUT2D eigenvalue weighted by Crippen LogP contribution is -2.16. The van der Waals surface area contributed by atoms with Crippen molar-refractivity contribution in [2.45, 2.75) is 13.1 Å². The van der Waals surface area contributed by atoms with Gasteiger partial charge < -0.3 is 5.73 Å². The van der Waals surface area contributed by atoms with E-state index in [-0.39, 0.29) is 5.92 Å². The average Bonchev–Trinajstić information content (AvgIpc) is 2.15. The predicted molar refractivity (Wildman–Crippen MR) is 53.5 cm³/mol. The van der Waals surface area contributed by atoms with E-state index in [1.807, 2.05) is 0 Å². The van der Waals surface area contributed by atoms with Crippen molar-refractivity contribution in [2.24, 2.45) is 11.7 Å². The molecule has 1 aromatic carbocycles. The minimum absolute atomic E-state index is 0.168. The smallest absolute Gasteiger partial charge is 0.129 e. The Kier molecular flexibility index (Phi) is 3.70. The third-order valence-electron chi connectivity index (χ3n) is 2.04. The summed E-state index contributed by atoms with van der Waals surface area (Å²) in [6, 6.07) is 6.83. The Morgan fingerprint density at radius 1 is 1.54 bits per heavy atom. The van der Waals surface area contributed by atoms with Crippen LogP contribution >= 0.6 is 11.6 Å². The molecule has 0 bridgehead atoms. The lowest BCUT2D eigenvalue weighted by atomic mass is 9.99. The Morgan fingerprint density at radius 2 is 2.23 bits per heavy atom. The number of benzene rings is 1. The Bertz CT molecular complexity index is 277. The maximum atomic E-state index is 13.6. The largest absolute Gasteiger partial charge is 0.330 e. The minimum atomic E-state index is -1.02. The van der Waals surface area contributed by atoms with Crippen molar-refractivity contribution in [3.8, 4) is 0 Å². The van der Waals surface area contributed by atoms with E-state index >= 15 is 0 Å². The van der Waals surface area contributed by atoms with Gasteiger partial charge in [0.05, 0.1) is 0 Å². The van der Waals surface area contributed by atoms with Crippen LogP contribution in [0.2, 0.25) is 5.02 Å². The third-order valence-corrected chi connectivity index (χ3v) is 2.27. The fourth-order valence-electron chi connectivity index (χ4n) is 1.13. The number of alkyl halides is 1. The van der Waals surface area contributed by atoms with Gasteiger partial charge in [0.15, 0.2) is 0 Å². The second-order valence-corrected chi connectivity index (χ2v) is 3.61. The fourth-order valence-corrected chi connectivity index (χ4v) is 1.32. The highest BCUT2D eigenvalue weighted by atomic mass is 35.5. The summed E-state index contributed by atoms with van der Waals surface area (Å²) in [5, 5.41) is 0.560. The second kappa shape index (κ2) is 4.58. The van der Waals surface area contributed by atoms with Gasteiger partial charge in [-0.15, -0.1) is 0 Å². The molecule has 0 spiro atoms. The molecule has 72 valence electrons. The van der Waals surface area contributed by atoms with E-state index in [1.165, 1.54) is 0 Å². The van der Waals surface area contributed by atoms with Gasteiger partial charge in [0.2, 0.25) is 0 Å². The summed E-state index contributed by atoms with van der Waals surface area (Å²) in [5.74, 6) is -0.168. The zero-order chi connectivity index (χ0) is 9.84. The van der Waals surface area contributed by atoms with Gasteiger partial charge in [0.1, 0.15) is 6.17 Å². The molecule has 3 heteroatoms. The fraction of sp³-hybridized carbons (Fsp3) is 0.400. The van der Waals surface area contributed by atoms with Crippen LogP contribution in [0.1, 0.15) is 18.7 Å². The number of hydrogen-bond acceptors (Lipinski definition) is 1. The van der Waals surface area contributed by atoms with Gasteiger partial charge >= 0.3 is 0 Å². The Morgan fingerprint density at radius 3 is 2.77 bits per heavy atom. The molecule has 1 aromatic rings. The molecular weight excluding hydrogens is 189 g/mol. The zero-order valence-electron chi connectivity index (χ0n) is 7.50. The summed E-state index contributed by atoms with van der Waals surface area (Å²) >= 11 is 5.74. The third kappa shape index (κ3) is 2.68. The van der Waals surface area contributed by atoms with Gasteiger partial charge in [-0.2, -0.15) is 0 Å². The standard InChI is InChI=1S/C10H13ClFN/c1-7(6-13)10(12)8-3-2-4-9(11)5-8/h2-5,7,10H,6,13H2,1H3. The quantitative estimate of drug-likeness (QED) is 0.800. The van der Waals surface area contributed by atoms with Crippen LogP contribution in [-0.4, -0.2) is 6.54 Å². The van der Waals surface area contributed by atoms with Crippen molar-refractivity contribution in [1.82, 2.24) is 0 Å². The maximum Gasteiger partial charge on any atom is 0.129 e. The minimum Gasteiger partial charge on any atom is -0.330 e. The highest BCUT2D eigenvalue weighted by Gasteiger charge is 2.16. The first-order valence-electron chi connectivity index (χ1n) is 4.24. The number of halogens is 2. The molecule has 0 aliphatic rings. The summed E-state index contributed by atoms with van der Waals surface area (Å²) in [7, 11) is 0. The molecule has 0 radical (unpaired) electrons. The summed E-state index contributed by atoms with van der Waals surface area (Å²) < 4.78 is 13.6. The SMILES string of the molecule is CC(CN)C(F)c1cccc(Cl)c1. The normalized spacial score (nSPS) is 15.4. The van der Waals surface area contributed by atoms with E-state index in [9.17, 15) is 4.39 Å². The van der Waals surface area contributed by atoms with Gasteiger partial charge in [-0.25, -0.2) is 4.39 Å². The van der Waals surface area contributed by atoms with Crippen LogP contribution in [0.25, 0.3) is 0 Å². The van der Waals surface area contributed by atoms with Crippen molar-refractivity contribution in [3.05, 3.63) is 34.9 Å². The van der Waals surface area contributed by atoms with Gasteiger partial charge in [0.25, 0.3) is 0 Å². The van der Waals surface area contributed by atoms with E-state index in [4.69, 9.17) is 17.3 Å². The van der Waals surface area contributed by atoms with Crippen LogP contribution in [0.3, 0.4) is 0 Å². The van der Waals surface area contributed by atoms with Gasteiger partial charge in [-0.05, 0) is 24.2 Å². The number of hydrogen-bond donors (Lipinski definition) is 1. The molecule has 0 amide bonds. The van der Waals surface area contributed by atoms with Crippen molar-refractivity contribution >= 4 is 11.6 Å². The van der Waals surface area contributed by atoms with Crippen LogP contribution in [0.4, 0.5) is 4.39 Å². The summed E-state index contributed by atoms with van der Waals surface area (Å²) in [5.41, 5.74) is 5.98. The van der Waals surface area contributed by atoms with Crippen LogP contribution in [-0.2, 0) is 0 Å². The summed E-state index contributed by atoms with van der Waals surface area (Å²) in [4.78, 5) is 0. The molecule has 0 saturated heterocycles. The highest BCUT2D eigenvalue weighted by molar-refractivity contribution is 6.30. The van der Waals surface area contributed by atoms with Crippen LogP contribution in [0.15, 0.2) is 24.3 Å². The zero-order valence-corrected chi connectivity index (χ0v) is 8.26. The van der Waals surface area contributed by atoms with Crippen LogP contribution < -0.4 is 5.73 Å². The van der Waals surface area contributed by atoms with E-state index in [1.54, 1.807) is 31.2 Å². The Balaban J connectivity index is 2.82. The molecule has 0 aromatic heterocycles. The lowest BCUT2D eigenvalue weighted by molar-refractivity contribution is 0.252. The van der Waals surface area contributed by atoms with E-state index < -0.39 is 6.17 Å². The molecule has 1 rings (SSSR count). The molecule has 2 atom stereocenters. The Hall–Kier alpha value is -0.600. The molecule has 2 unspecified atom stereocenters. The molecule has 0 aliphatic carbocycles. The summed E-state index contributed by atoms with van der Waals surface area (Å²) in [6.45, 7) is 2.12. The van der Waals surface area contributed by atoms with E-state index in [2.05, 4.69) is 0 Å². The van der Waals surface area contributed by atoms with Gasteiger partial charge in [0, 0.05) is 10.9 Å². The highest BCUT2D eigenvalue weighted by Crippen LogP contribution is 2.26. The molecule has 0 heterocycles. The number of rotatable bonds is 3. The topological polar surface area (TPSA) is 26.0 Å². The lowest BCUT2D eigenvalue weighted by Gasteiger charge is -2.14. The van der Waals surface area contributed by atoms with Crippen molar-refractivity contribution < 1.29 is 4.39 Å². The van der Waals surface area contributed by atoms with Crippen molar-refractivity contribution in [2.75, 3.05) is 6.54 Å². The summed E-state index contributed by atoms with van der Waals surface area (Å²) in [6.07, 6.45) is -1.02. The number of nitrogens with two attached hydrogens (primary N) is 1.